The molecule has 0 heterocycles. The van der Waals surface area contributed by atoms with Crippen LogP contribution in [0.25, 0.3) is 10.8 Å². The second-order valence-electron chi connectivity index (χ2n) is 6.86. The zero-order valence-corrected chi connectivity index (χ0v) is 17.3. The average Bonchev–Trinajstić information content (AvgIpc) is 2.71. The number of carbonyl (C=O) groups excluding carboxylic acids is 1. The Balaban J connectivity index is 1.45. The van der Waals surface area contributed by atoms with Gasteiger partial charge in [-0.1, -0.05) is 67.1 Å². The molecule has 3 rings (SSSR count). The lowest BCUT2D eigenvalue weighted by atomic mass is 10.1. The Morgan fingerprint density at radius 3 is 2.64 bits per heavy atom. The van der Waals surface area contributed by atoms with Gasteiger partial charge in [-0.05, 0) is 41.8 Å². The molecule has 0 bridgehead atoms. The Bertz CT molecular complexity index is 925. The van der Waals surface area contributed by atoms with Gasteiger partial charge in [-0.2, -0.15) is 11.8 Å². The highest BCUT2D eigenvalue weighted by atomic mass is 32.2. The molecule has 4 heteroatoms. The van der Waals surface area contributed by atoms with Crippen molar-refractivity contribution < 1.29 is 9.53 Å². The molecule has 3 nitrogen and oxygen atoms in total. The molecule has 0 saturated heterocycles. The maximum atomic E-state index is 12.5. The van der Waals surface area contributed by atoms with Gasteiger partial charge < -0.3 is 10.1 Å². The second kappa shape index (κ2) is 10.2. The van der Waals surface area contributed by atoms with Crippen LogP contribution in [0.15, 0.2) is 66.7 Å². The van der Waals surface area contributed by atoms with Gasteiger partial charge in [0.1, 0.15) is 5.75 Å². The summed E-state index contributed by atoms with van der Waals surface area (Å²) in [5, 5.41) is 5.28. The van der Waals surface area contributed by atoms with Crippen molar-refractivity contribution in [2.45, 2.75) is 32.1 Å². The molecule has 0 aromatic heterocycles. The monoisotopic (exact) mass is 393 g/mol. The zero-order chi connectivity index (χ0) is 19.8. The fourth-order valence-corrected chi connectivity index (χ4v) is 3.89. The van der Waals surface area contributed by atoms with Crippen LogP contribution in [0.3, 0.4) is 0 Å². The first-order valence-corrected chi connectivity index (χ1v) is 10.9. The first-order valence-electron chi connectivity index (χ1n) is 9.72. The van der Waals surface area contributed by atoms with Crippen LogP contribution in [-0.2, 0) is 10.5 Å². The summed E-state index contributed by atoms with van der Waals surface area (Å²) in [4.78, 5) is 12.5. The van der Waals surface area contributed by atoms with Crippen LogP contribution in [0.2, 0.25) is 0 Å². The molecule has 1 amide bonds. The number of nitrogens with one attached hydrogen (secondary N) is 1. The van der Waals surface area contributed by atoms with E-state index < -0.39 is 6.10 Å². The lowest BCUT2D eigenvalue weighted by Gasteiger charge is -2.17. The zero-order valence-electron chi connectivity index (χ0n) is 16.5. The molecule has 0 fully saturated rings. The lowest BCUT2D eigenvalue weighted by Crippen LogP contribution is -2.39. The molecule has 0 aliphatic rings. The molecular formula is C24H27NO2S. The highest BCUT2D eigenvalue weighted by molar-refractivity contribution is 7.98. The number of hydrogen-bond donors (Lipinski definition) is 1. The third-order valence-electron chi connectivity index (χ3n) is 4.56. The van der Waals surface area contributed by atoms with E-state index in [1.165, 1.54) is 11.1 Å². The van der Waals surface area contributed by atoms with Gasteiger partial charge in [0.15, 0.2) is 6.10 Å². The van der Waals surface area contributed by atoms with Crippen LogP contribution in [-0.4, -0.2) is 24.3 Å². The molecule has 28 heavy (non-hydrogen) atoms. The van der Waals surface area contributed by atoms with E-state index in [0.29, 0.717) is 13.0 Å². The van der Waals surface area contributed by atoms with E-state index in [2.05, 4.69) is 48.6 Å². The number of aryl methyl sites for hydroxylation is 1. The number of fused-ring (bicyclic) bond motifs is 1. The summed E-state index contributed by atoms with van der Waals surface area (Å²) in [7, 11) is 0. The average molecular weight is 394 g/mol. The van der Waals surface area contributed by atoms with Gasteiger partial charge in [0.05, 0.1) is 0 Å². The predicted octanol–water partition coefficient (Wildman–Crippen LogP) is 5.36. The quantitative estimate of drug-likeness (QED) is 0.498. The normalized spacial score (nSPS) is 11.9. The van der Waals surface area contributed by atoms with Crippen molar-refractivity contribution in [2.75, 3.05) is 12.3 Å². The van der Waals surface area contributed by atoms with Crippen LogP contribution >= 0.6 is 11.8 Å². The molecule has 1 N–H and O–H groups in total. The Hall–Kier alpha value is -2.46. The van der Waals surface area contributed by atoms with Gasteiger partial charge in [0.25, 0.3) is 5.91 Å². The molecule has 0 spiro atoms. The third-order valence-corrected chi connectivity index (χ3v) is 5.59. The summed E-state index contributed by atoms with van der Waals surface area (Å²) < 4.78 is 5.95. The Kier molecular flexibility index (Phi) is 7.38. The topological polar surface area (TPSA) is 38.3 Å². The number of carbonyl (C=O) groups is 1. The molecular weight excluding hydrogens is 366 g/mol. The van der Waals surface area contributed by atoms with Crippen molar-refractivity contribution in [3.8, 4) is 5.75 Å². The third kappa shape index (κ3) is 5.77. The van der Waals surface area contributed by atoms with E-state index in [0.717, 1.165) is 28.0 Å². The van der Waals surface area contributed by atoms with E-state index in [9.17, 15) is 4.79 Å². The number of hydrogen-bond acceptors (Lipinski definition) is 3. The molecule has 0 aliphatic carbocycles. The number of amides is 1. The Morgan fingerprint density at radius 1 is 1.04 bits per heavy atom. The standard InChI is InChI=1S/C24H27NO2S/c1-3-23(27-22-12-11-20-9-4-5-10-21(20)16-22)24(26)25-13-14-28-17-19-8-6-7-18(2)15-19/h4-12,15-16,23H,3,13-14,17H2,1-2H3,(H,25,26)/t23-/m0/s1. The molecule has 1 atom stereocenters. The molecule has 3 aromatic carbocycles. The Morgan fingerprint density at radius 2 is 1.86 bits per heavy atom. The predicted molar refractivity (Wildman–Crippen MR) is 119 cm³/mol. The first kappa shape index (κ1) is 20.3. The van der Waals surface area contributed by atoms with Crippen LogP contribution in [0.1, 0.15) is 24.5 Å². The maximum Gasteiger partial charge on any atom is 0.261 e. The van der Waals surface area contributed by atoms with Crippen LogP contribution in [0.4, 0.5) is 0 Å². The van der Waals surface area contributed by atoms with E-state index in [-0.39, 0.29) is 5.91 Å². The van der Waals surface area contributed by atoms with E-state index in [4.69, 9.17) is 4.74 Å². The van der Waals surface area contributed by atoms with E-state index >= 15 is 0 Å². The molecule has 0 saturated carbocycles. The summed E-state index contributed by atoms with van der Waals surface area (Å²) in [6.07, 6.45) is 0.165. The van der Waals surface area contributed by atoms with Crippen molar-refractivity contribution in [3.63, 3.8) is 0 Å². The van der Waals surface area contributed by atoms with Crippen molar-refractivity contribution in [2.24, 2.45) is 0 Å². The summed E-state index contributed by atoms with van der Waals surface area (Å²) >= 11 is 1.83. The van der Waals surface area contributed by atoms with E-state index in [1.54, 1.807) is 0 Å². The molecule has 0 radical (unpaired) electrons. The summed E-state index contributed by atoms with van der Waals surface area (Å²) in [6.45, 7) is 4.72. The maximum absolute atomic E-state index is 12.5. The van der Waals surface area contributed by atoms with E-state index in [1.807, 2.05) is 49.0 Å². The van der Waals surface area contributed by atoms with Crippen molar-refractivity contribution in [1.29, 1.82) is 0 Å². The second-order valence-corrected chi connectivity index (χ2v) is 7.96. The van der Waals surface area contributed by atoms with Gasteiger partial charge >= 0.3 is 0 Å². The Labute approximate surface area is 171 Å². The molecule has 0 aliphatic heterocycles. The van der Waals surface area contributed by atoms with Gasteiger partial charge in [-0.3, -0.25) is 4.79 Å². The minimum absolute atomic E-state index is 0.0492. The number of thioether (sulfide) groups is 1. The van der Waals surface area contributed by atoms with Gasteiger partial charge in [0, 0.05) is 18.1 Å². The van der Waals surface area contributed by atoms with Crippen LogP contribution in [0, 0.1) is 6.92 Å². The summed E-state index contributed by atoms with van der Waals surface area (Å²) in [5.41, 5.74) is 2.60. The van der Waals surface area contributed by atoms with Crippen molar-refractivity contribution in [1.82, 2.24) is 5.32 Å². The fourth-order valence-electron chi connectivity index (χ4n) is 3.08. The van der Waals surface area contributed by atoms with Crippen LogP contribution < -0.4 is 10.1 Å². The highest BCUT2D eigenvalue weighted by Gasteiger charge is 2.17. The molecule has 146 valence electrons. The van der Waals surface area contributed by atoms with Gasteiger partial charge in [0.2, 0.25) is 0 Å². The largest absolute Gasteiger partial charge is 0.481 e. The summed E-state index contributed by atoms with van der Waals surface area (Å²) in [6, 6.07) is 22.6. The minimum Gasteiger partial charge on any atom is -0.481 e. The fraction of sp³-hybridized carbons (Fsp3) is 0.292. The number of ether oxygens (including phenoxy) is 1. The SMILES string of the molecule is CC[C@H](Oc1ccc2ccccc2c1)C(=O)NCCSCc1cccc(C)c1. The van der Waals surface area contributed by atoms with Crippen molar-refractivity contribution >= 4 is 28.4 Å². The number of rotatable bonds is 9. The van der Waals surface area contributed by atoms with Gasteiger partial charge in [-0.15, -0.1) is 0 Å². The smallest absolute Gasteiger partial charge is 0.261 e. The molecule has 3 aromatic rings. The molecule has 0 unspecified atom stereocenters. The number of benzene rings is 3. The minimum atomic E-state index is -0.470. The van der Waals surface area contributed by atoms with Gasteiger partial charge in [-0.25, -0.2) is 0 Å². The highest BCUT2D eigenvalue weighted by Crippen LogP contribution is 2.22. The first-order chi connectivity index (χ1) is 13.7. The lowest BCUT2D eigenvalue weighted by molar-refractivity contribution is -0.127. The van der Waals surface area contributed by atoms with Crippen LogP contribution in [0.5, 0.6) is 5.75 Å². The summed E-state index contributed by atoms with van der Waals surface area (Å²) in [5.74, 6) is 2.52. The van der Waals surface area contributed by atoms with Crippen molar-refractivity contribution in [3.05, 3.63) is 77.9 Å².